The molecule has 1 rings (SSSR count). The molecule has 0 atom stereocenters. The molecule has 0 bridgehead atoms. The molecule has 0 spiro atoms. The molecule has 0 radical (unpaired) electrons. The fraction of sp³-hybridized carbons (Fsp3) is 0.300. The zero-order valence-corrected chi connectivity index (χ0v) is 9.86. The Labute approximate surface area is 94.8 Å². The van der Waals surface area contributed by atoms with Gasteiger partial charge in [-0.25, -0.2) is 8.78 Å². The predicted molar refractivity (Wildman–Crippen MR) is 56.7 cm³/mol. The first-order valence-corrected chi connectivity index (χ1v) is 5.17. The lowest BCUT2D eigenvalue weighted by molar-refractivity contribution is 0.0938. The number of carbonyl (C=O) groups excluding carboxylic acids is 1. The molecule has 0 aliphatic heterocycles. The minimum Gasteiger partial charge on any atom is -0.350 e. The van der Waals surface area contributed by atoms with Crippen LogP contribution in [0.4, 0.5) is 8.78 Å². The van der Waals surface area contributed by atoms with E-state index in [1.807, 2.05) is 0 Å². The maximum Gasteiger partial charge on any atom is 0.254 e. The Kier molecular flexibility index (Phi) is 3.79. The molecule has 5 heteroatoms. The second-order valence-corrected chi connectivity index (χ2v) is 4.21. The fourth-order valence-corrected chi connectivity index (χ4v) is 1.35. The highest BCUT2D eigenvalue weighted by Crippen LogP contribution is 2.20. The van der Waals surface area contributed by atoms with Gasteiger partial charge in [0.05, 0.1) is 10.0 Å². The second kappa shape index (κ2) is 4.70. The van der Waals surface area contributed by atoms with E-state index in [1.165, 1.54) is 12.1 Å². The number of hydrogen-bond acceptors (Lipinski definition) is 1. The number of nitrogens with one attached hydrogen (secondary N) is 1. The summed E-state index contributed by atoms with van der Waals surface area (Å²) < 4.78 is 26.4. The Morgan fingerprint density at radius 3 is 2.47 bits per heavy atom. The fourth-order valence-electron chi connectivity index (χ4n) is 1.04. The van der Waals surface area contributed by atoms with Crippen molar-refractivity contribution in [2.24, 2.45) is 0 Å². The predicted octanol–water partition coefficient (Wildman–Crippen LogP) is 2.87. The van der Waals surface area contributed by atoms with Gasteiger partial charge < -0.3 is 5.32 Å². The smallest absolute Gasteiger partial charge is 0.254 e. The normalized spacial score (nSPS) is 10.5. The Balaban J connectivity index is 3.06. The van der Waals surface area contributed by atoms with Crippen molar-refractivity contribution < 1.29 is 13.6 Å². The minimum absolute atomic E-state index is 0.00102. The van der Waals surface area contributed by atoms with Crippen LogP contribution in [0.2, 0.25) is 0 Å². The van der Waals surface area contributed by atoms with Gasteiger partial charge in [-0.2, -0.15) is 0 Å². The molecule has 15 heavy (non-hydrogen) atoms. The topological polar surface area (TPSA) is 29.1 Å². The first-order valence-electron chi connectivity index (χ1n) is 4.38. The third-order valence-electron chi connectivity index (χ3n) is 1.70. The number of benzene rings is 1. The molecule has 0 aromatic heterocycles. The summed E-state index contributed by atoms with van der Waals surface area (Å²) in [4.78, 5) is 11.4. The highest BCUT2D eigenvalue weighted by atomic mass is 79.9. The van der Waals surface area contributed by atoms with Gasteiger partial charge >= 0.3 is 0 Å². The zero-order chi connectivity index (χ0) is 11.6. The molecule has 1 aromatic carbocycles. The summed E-state index contributed by atoms with van der Waals surface area (Å²) >= 11 is 2.83. The number of halogens is 3. The van der Waals surface area contributed by atoms with Crippen LogP contribution in [0.25, 0.3) is 0 Å². The van der Waals surface area contributed by atoms with E-state index in [2.05, 4.69) is 21.2 Å². The third kappa shape index (κ3) is 2.75. The van der Waals surface area contributed by atoms with Gasteiger partial charge in [-0.3, -0.25) is 4.79 Å². The molecule has 0 fully saturated rings. The van der Waals surface area contributed by atoms with Crippen molar-refractivity contribution in [3.8, 4) is 0 Å². The lowest BCUT2D eigenvalue weighted by Crippen LogP contribution is -2.31. The highest BCUT2D eigenvalue weighted by Gasteiger charge is 2.17. The van der Waals surface area contributed by atoms with Crippen LogP contribution in [0.5, 0.6) is 0 Å². The average Bonchev–Trinajstić information content (AvgIpc) is 2.13. The van der Waals surface area contributed by atoms with Gasteiger partial charge in [-0.1, -0.05) is 0 Å². The summed E-state index contributed by atoms with van der Waals surface area (Å²) in [5.41, 5.74) is -0.288. The van der Waals surface area contributed by atoms with E-state index < -0.39 is 17.5 Å². The summed E-state index contributed by atoms with van der Waals surface area (Å²) in [7, 11) is 0. The van der Waals surface area contributed by atoms with E-state index in [-0.39, 0.29) is 16.1 Å². The molecule has 0 heterocycles. The van der Waals surface area contributed by atoms with Crippen LogP contribution in [0.1, 0.15) is 24.2 Å². The van der Waals surface area contributed by atoms with E-state index in [0.717, 1.165) is 0 Å². The summed E-state index contributed by atoms with van der Waals surface area (Å²) in [6.45, 7) is 3.48. The van der Waals surface area contributed by atoms with Gasteiger partial charge in [0.1, 0.15) is 0 Å². The monoisotopic (exact) mass is 277 g/mol. The first kappa shape index (κ1) is 12.1. The van der Waals surface area contributed by atoms with Crippen molar-refractivity contribution in [2.75, 3.05) is 0 Å². The van der Waals surface area contributed by atoms with Crippen molar-refractivity contribution >= 4 is 21.8 Å². The lowest BCUT2D eigenvalue weighted by atomic mass is 10.2. The average molecular weight is 278 g/mol. The summed E-state index contributed by atoms with van der Waals surface area (Å²) in [5.74, 6) is -2.80. The molecule has 1 amide bonds. The molecule has 1 N–H and O–H groups in total. The molecule has 0 unspecified atom stereocenters. The number of rotatable bonds is 2. The summed E-state index contributed by atoms with van der Waals surface area (Å²) in [6, 6.07) is 2.41. The van der Waals surface area contributed by atoms with Crippen LogP contribution >= 0.6 is 15.9 Å². The van der Waals surface area contributed by atoms with Crippen LogP contribution in [-0.4, -0.2) is 11.9 Å². The van der Waals surface area contributed by atoms with Gasteiger partial charge in [0.2, 0.25) is 0 Å². The standard InChI is InChI=1S/C10H10BrF2NO/c1-5(2)14-10(15)6-3-4-7(11)9(13)8(6)12/h3-5H,1-2H3,(H,14,15). The molecule has 0 saturated heterocycles. The molecular weight excluding hydrogens is 268 g/mol. The van der Waals surface area contributed by atoms with Crippen LogP contribution in [0.15, 0.2) is 16.6 Å². The molecule has 0 aliphatic carbocycles. The van der Waals surface area contributed by atoms with E-state index in [4.69, 9.17) is 0 Å². The van der Waals surface area contributed by atoms with E-state index >= 15 is 0 Å². The number of hydrogen-bond donors (Lipinski definition) is 1. The van der Waals surface area contributed by atoms with Crippen molar-refractivity contribution in [3.05, 3.63) is 33.8 Å². The highest BCUT2D eigenvalue weighted by molar-refractivity contribution is 9.10. The molecular formula is C10H10BrF2NO. The van der Waals surface area contributed by atoms with Crippen LogP contribution < -0.4 is 5.32 Å². The Morgan fingerprint density at radius 1 is 1.33 bits per heavy atom. The van der Waals surface area contributed by atoms with Gasteiger partial charge in [0, 0.05) is 6.04 Å². The molecule has 1 aromatic rings. The summed E-state index contributed by atoms with van der Waals surface area (Å²) in [5, 5.41) is 2.49. The first-order chi connectivity index (χ1) is 6.93. The van der Waals surface area contributed by atoms with E-state index in [1.54, 1.807) is 13.8 Å². The minimum atomic E-state index is -1.14. The maximum absolute atomic E-state index is 13.3. The SMILES string of the molecule is CC(C)NC(=O)c1ccc(Br)c(F)c1F. The Hall–Kier alpha value is -0.970. The van der Waals surface area contributed by atoms with Gasteiger partial charge in [-0.05, 0) is 41.9 Å². The van der Waals surface area contributed by atoms with Gasteiger partial charge in [0.15, 0.2) is 11.6 Å². The van der Waals surface area contributed by atoms with Crippen molar-refractivity contribution in [2.45, 2.75) is 19.9 Å². The molecule has 0 aliphatic rings. The van der Waals surface area contributed by atoms with Crippen LogP contribution in [-0.2, 0) is 0 Å². The quantitative estimate of drug-likeness (QED) is 0.828. The third-order valence-corrected chi connectivity index (χ3v) is 2.31. The Morgan fingerprint density at radius 2 is 1.93 bits per heavy atom. The zero-order valence-electron chi connectivity index (χ0n) is 8.27. The molecule has 82 valence electrons. The molecule has 0 saturated carbocycles. The maximum atomic E-state index is 13.3. The summed E-state index contributed by atoms with van der Waals surface area (Å²) in [6.07, 6.45) is 0. The van der Waals surface area contributed by atoms with Crippen LogP contribution in [0.3, 0.4) is 0 Å². The van der Waals surface area contributed by atoms with E-state index in [9.17, 15) is 13.6 Å². The molecule has 2 nitrogen and oxygen atoms in total. The van der Waals surface area contributed by atoms with Crippen LogP contribution in [0, 0.1) is 11.6 Å². The Bertz CT molecular complexity index is 393. The largest absolute Gasteiger partial charge is 0.350 e. The van der Waals surface area contributed by atoms with Crippen molar-refractivity contribution in [1.29, 1.82) is 0 Å². The van der Waals surface area contributed by atoms with Crippen molar-refractivity contribution in [1.82, 2.24) is 5.32 Å². The van der Waals surface area contributed by atoms with E-state index in [0.29, 0.717) is 0 Å². The van der Waals surface area contributed by atoms with Crippen molar-refractivity contribution in [3.63, 3.8) is 0 Å². The number of amides is 1. The number of carbonyl (C=O) groups is 1. The van der Waals surface area contributed by atoms with Gasteiger partial charge in [0.25, 0.3) is 5.91 Å². The second-order valence-electron chi connectivity index (χ2n) is 3.35. The lowest BCUT2D eigenvalue weighted by Gasteiger charge is -2.09. The van der Waals surface area contributed by atoms with Gasteiger partial charge in [-0.15, -0.1) is 0 Å².